The van der Waals surface area contributed by atoms with Crippen LogP contribution in [0.2, 0.25) is 0 Å². The largest absolute Gasteiger partial charge is 0.458 e. The molecule has 0 rings (SSSR count). The van der Waals surface area contributed by atoms with Crippen molar-refractivity contribution in [3.8, 4) is 0 Å². The third-order valence-corrected chi connectivity index (χ3v) is 10.9. The maximum absolute atomic E-state index is 13.1. The van der Waals surface area contributed by atoms with E-state index >= 15 is 0 Å². The number of amides is 1. The van der Waals surface area contributed by atoms with E-state index in [-0.39, 0.29) is 24.9 Å². The number of unbranched alkanes of at least 4 members (excludes halogenated alkanes) is 23. The Morgan fingerprint density at radius 3 is 1.31 bits per heavy atom. The summed E-state index contributed by atoms with van der Waals surface area (Å²) in [6.45, 7) is 6.32. The summed E-state index contributed by atoms with van der Waals surface area (Å²) in [5.74, 6) is -0.627. The molecule has 0 aromatic carbocycles. The van der Waals surface area contributed by atoms with Gasteiger partial charge in [0.15, 0.2) is 0 Å². The Labute approximate surface area is 358 Å². The van der Waals surface area contributed by atoms with E-state index in [1.54, 1.807) is 6.08 Å². The van der Waals surface area contributed by atoms with E-state index in [1.165, 1.54) is 122 Å². The van der Waals surface area contributed by atoms with Crippen LogP contribution < -0.4 is 5.32 Å². The van der Waals surface area contributed by atoms with Crippen molar-refractivity contribution in [2.75, 3.05) is 6.61 Å². The molecule has 0 spiro atoms. The number of carbonyl (C=O) groups is 2. The van der Waals surface area contributed by atoms with Crippen LogP contribution in [0.25, 0.3) is 0 Å². The highest BCUT2D eigenvalue weighted by molar-refractivity contribution is 5.78. The van der Waals surface area contributed by atoms with Gasteiger partial charge in [0.2, 0.25) is 5.91 Å². The predicted octanol–water partition coefficient (Wildman–Crippen LogP) is 14.5. The lowest BCUT2D eigenvalue weighted by atomic mass is 10.0. The van der Waals surface area contributed by atoms with Gasteiger partial charge in [-0.3, -0.25) is 9.59 Å². The highest BCUT2D eigenvalue weighted by atomic mass is 16.5. The average molecular weight is 812 g/mol. The minimum atomic E-state index is -0.818. The molecule has 0 aliphatic heterocycles. The number of nitrogens with one attached hydrogen (secondary N) is 1. The number of aliphatic hydroxyl groups is 2. The fourth-order valence-electron chi connectivity index (χ4n) is 7.16. The zero-order valence-corrected chi connectivity index (χ0v) is 38.2. The van der Waals surface area contributed by atoms with Crippen LogP contribution in [-0.2, 0) is 14.3 Å². The zero-order valence-electron chi connectivity index (χ0n) is 38.2. The predicted molar refractivity (Wildman–Crippen MR) is 250 cm³/mol. The molecule has 6 heteroatoms. The molecule has 336 valence electrons. The molecule has 0 heterocycles. The minimum Gasteiger partial charge on any atom is -0.458 e. The Balaban J connectivity index is 4.71. The molecule has 0 radical (unpaired) electrons. The summed E-state index contributed by atoms with van der Waals surface area (Å²) in [5.41, 5.74) is 0. The minimum absolute atomic E-state index is 0.0449. The lowest BCUT2D eigenvalue weighted by Gasteiger charge is -2.23. The number of rotatable bonds is 43. The molecule has 1 amide bonds. The molecule has 0 aliphatic carbocycles. The zero-order chi connectivity index (χ0) is 42.4. The van der Waals surface area contributed by atoms with Crippen molar-refractivity contribution in [3.05, 3.63) is 60.8 Å². The topological polar surface area (TPSA) is 95.9 Å². The van der Waals surface area contributed by atoms with Crippen molar-refractivity contribution in [3.63, 3.8) is 0 Å². The summed E-state index contributed by atoms with van der Waals surface area (Å²) in [6.07, 6.45) is 55.9. The highest BCUT2D eigenvalue weighted by Gasteiger charge is 2.23. The third-order valence-electron chi connectivity index (χ3n) is 10.9. The van der Waals surface area contributed by atoms with Crippen LogP contribution in [0.1, 0.15) is 233 Å². The second-order valence-electron chi connectivity index (χ2n) is 16.5. The fraction of sp³-hybridized carbons (Fsp3) is 0.769. The van der Waals surface area contributed by atoms with Crippen molar-refractivity contribution in [2.45, 2.75) is 251 Å². The SMILES string of the molecule is CC/C=C/C/C=C/C/C=C/C/C=C/C/C=C/C(CC(=O)NC(CO)C(O)CCCCCCCCCCCCCCCC)OC(=O)CCCCCCCCCCCCC. The van der Waals surface area contributed by atoms with Gasteiger partial charge in [-0.05, 0) is 51.0 Å². The molecule has 3 N–H and O–H groups in total. The third kappa shape index (κ3) is 40.3. The van der Waals surface area contributed by atoms with Gasteiger partial charge in [0.05, 0.1) is 25.2 Å². The summed E-state index contributed by atoms with van der Waals surface area (Å²) < 4.78 is 5.80. The molecule has 0 aromatic heterocycles. The van der Waals surface area contributed by atoms with Crippen LogP contribution in [0.4, 0.5) is 0 Å². The molecule has 0 saturated carbocycles. The Bertz CT molecular complexity index is 1050. The van der Waals surface area contributed by atoms with Gasteiger partial charge >= 0.3 is 5.97 Å². The van der Waals surface area contributed by atoms with Gasteiger partial charge in [-0.1, -0.05) is 230 Å². The second-order valence-corrected chi connectivity index (χ2v) is 16.5. The molecule has 0 aliphatic rings. The fourth-order valence-corrected chi connectivity index (χ4v) is 7.16. The molecule has 0 fully saturated rings. The van der Waals surface area contributed by atoms with E-state index < -0.39 is 18.2 Å². The van der Waals surface area contributed by atoms with Crippen LogP contribution in [0, 0.1) is 0 Å². The van der Waals surface area contributed by atoms with Gasteiger partial charge in [0.25, 0.3) is 0 Å². The number of allylic oxidation sites excluding steroid dienone is 9. The number of ether oxygens (including phenoxy) is 1. The molecule has 58 heavy (non-hydrogen) atoms. The smallest absolute Gasteiger partial charge is 0.306 e. The number of hydrogen-bond donors (Lipinski definition) is 3. The molecule has 6 nitrogen and oxygen atoms in total. The highest BCUT2D eigenvalue weighted by Crippen LogP contribution is 2.16. The van der Waals surface area contributed by atoms with Gasteiger partial charge in [0, 0.05) is 6.42 Å². The van der Waals surface area contributed by atoms with Gasteiger partial charge in [-0.2, -0.15) is 0 Å². The first kappa shape index (κ1) is 55.6. The lowest BCUT2D eigenvalue weighted by Crippen LogP contribution is -2.46. The Hall–Kier alpha value is -2.44. The van der Waals surface area contributed by atoms with E-state index in [9.17, 15) is 19.8 Å². The number of aliphatic hydroxyl groups excluding tert-OH is 2. The molecule has 0 saturated heterocycles. The van der Waals surface area contributed by atoms with Crippen molar-refractivity contribution >= 4 is 11.9 Å². The van der Waals surface area contributed by atoms with Gasteiger partial charge in [-0.15, -0.1) is 0 Å². The molecular formula is C52H93NO5. The molecule has 3 unspecified atom stereocenters. The average Bonchev–Trinajstić information content (AvgIpc) is 3.22. The number of esters is 1. The number of hydrogen-bond acceptors (Lipinski definition) is 5. The summed E-state index contributed by atoms with van der Waals surface area (Å²) >= 11 is 0. The maximum Gasteiger partial charge on any atom is 0.306 e. The van der Waals surface area contributed by atoms with Gasteiger partial charge < -0.3 is 20.3 Å². The van der Waals surface area contributed by atoms with E-state index in [4.69, 9.17) is 4.74 Å². The second kappa shape index (κ2) is 45.6. The van der Waals surface area contributed by atoms with E-state index in [2.05, 4.69) is 74.7 Å². The Morgan fingerprint density at radius 1 is 0.517 bits per heavy atom. The van der Waals surface area contributed by atoms with E-state index in [1.807, 2.05) is 6.08 Å². The van der Waals surface area contributed by atoms with Crippen molar-refractivity contribution in [1.82, 2.24) is 5.32 Å². The lowest BCUT2D eigenvalue weighted by molar-refractivity contribution is -0.148. The van der Waals surface area contributed by atoms with Crippen LogP contribution >= 0.6 is 0 Å². The molecule has 0 bridgehead atoms. The van der Waals surface area contributed by atoms with Gasteiger partial charge in [-0.25, -0.2) is 0 Å². The van der Waals surface area contributed by atoms with Crippen molar-refractivity contribution in [2.24, 2.45) is 0 Å². The van der Waals surface area contributed by atoms with Gasteiger partial charge in [0.1, 0.15) is 6.10 Å². The van der Waals surface area contributed by atoms with Crippen LogP contribution in [0.5, 0.6) is 0 Å². The van der Waals surface area contributed by atoms with E-state index in [0.717, 1.165) is 64.2 Å². The number of carbonyl (C=O) groups excluding carboxylic acids is 2. The first-order valence-electron chi connectivity index (χ1n) is 24.5. The summed E-state index contributed by atoms with van der Waals surface area (Å²) in [6, 6.07) is -0.740. The summed E-state index contributed by atoms with van der Waals surface area (Å²) in [5, 5.41) is 23.7. The normalized spacial score (nSPS) is 13.8. The van der Waals surface area contributed by atoms with Crippen LogP contribution in [0.15, 0.2) is 60.8 Å². The first-order chi connectivity index (χ1) is 28.5. The molecule has 3 atom stereocenters. The van der Waals surface area contributed by atoms with E-state index in [0.29, 0.717) is 19.3 Å². The Morgan fingerprint density at radius 2 is 0.897 bits per heavy atom. The first-order valence-corrected chi connectivity index (χ1v) is 24.5. The van der Waals surface area contributed by atoms with Crippen molar-refractivity contribution in [1.29, 1.82) is 0 Å². The Kier molecular flexibility index (Phi) is 43.7. The standard InChI is InChI=1S/C52H93NO5/c1-4-7-10-13-16-19-22-24-26-29-31-34-37-40-43-48(58-52(57)45-42-39-36-33-28-21-18-15-12-9-6-3)46-51(56)53-49(47-54)50(55)44-41-38-35-32-30-27-25-23-20-17-14-11-8-5-2/h7,10,16,19,24,26,31,34,40,43,48-50,54-55H,4-6,8-9,11-15,17-18,20-23,25,27-30,32-33,35-39,41-42,44-47H2,1-3H3,(H,53,56)/b10-7+,19-16+,26-24+,34-31+,43-40+. The van der Waals surface area contributed by atoms with Crippen molar-refractivity contribution < 1.29 is 24.5 Å². The monoisotopic (exact) mass is 812 g/mol. The summed E-state index contributed by atoms with van der Waals surface area (Å²) in [4.78, 5) is 26.0. The van der Waals surface area contributed by atoms with Crippen LogP contribution in [0.3, 0.4) is 0 Å². The maximum atomic E-state index is 13.1. The van der Waals surface area contributed by atoms with Crippen LogP contribution in [-0.4, -0.2) is 46.9 Å². The molecular weight excluding hydrogens is 719 g/mol. The quantitative estimate of drug-likeness (QED) is 0.0324. The summed E-state index contributed by atoms with van der Waals surface area (Å²) in [7, 11) is 0. The molecule has 0 aromatic rings.